The zero-order valence-electron chi connectivity index (χ0n) is 13.5. The summed E-state index contributed by atoms with van der Waals surface area (Å²) in [5.74, 6) is 1.69. The molecule has 1 atom stereocenters. The van der Waals surface area contributed by atoms with Crippen LogP contribution in [0.2, 0.25) is 0 Å². The second-order valence-corrected chi connectivity index (χ2v) is 7.12. The molecule has 2 aliphatic heterocycles. The molecule has 1 unspecified atom stereocenters. The van der Waals surface area contributed by atoms with Gasteiger partial charge < -0.3 is 14.8 Å². The number of nitrogens with one attached hydrogen (secondary N) is 1. The van der Waals surface area contributed by atoms with Crippen LogP contribution in [0.4, 0.5) is 0 Å². The van der Waals surface area contributed by atoms with E-state index in [1.807, 2.05) is 6.07 Å². The number of nitrogens with zero attached hydrogens (tertiary/aromatic N) is 1. The standard InChI is InChI=1S/C19H21BrN2O2/c20-16-5-2-14(3-6-16)19(22-10-1-8-21-9-11-22)15-4-7-17-18(12-15)24-13-23-17/h2-7,12,19,21H,1,8-11,13H2. The molecule has 0 radical (unpaired) electrons. The molecule has 0 aromatic heterocycles. The molecule has 0 bridgehead atoms. The molecular formula is C19H21BrN2O2. The van der Waals surface area contributed by atoms with E-state index in [9.17, 15) is 0 Å². The highest BCUT2D eigenvalue weighted by Crippen LogP contribution is 2.38. The average molecular weight is 389 g/mol. The Morgan fingerprint density at radius 2 is 1.71 bits per heavy atom. The van der Waals surface area contributed by atoms with Gasteiger partial charge in [-0.05, 0) is 48.4 Å². The third-order valence-electron chi connectivity index (χ3n) is 4.64. The van der Waals surface area contributed by atoms with Crippen LogP contribution in [-0.4, -0.2) is 37.9 Å². The lowest BCUT2D eigenvalue weighted by atomic mass is 9.96. The van der Waals surface area contributed by atoms with E-state index < -0.39 is 0 Å². The fraction of sp³-hybridized carbons (Fsp3) is 0.368. The number of fused-ring (bicyclic) bond motifs is 1. The van der Waals surface area contributed by atoms with Crippen molar-refractivity contribution < 1.29 is 9.47 Å². The Hall–Kier alpha value is -1.56. The van der Waals surface area contributed by atoms with Crippen molar-refractivity contribution in [2.24, 2.45) is 0 Å². The summed E-state index contributed by atoms with van der Waals surface area (Å²) in [5.41, 5.74) is 2.56. The molecule has 2 aromatic carbocycles. The van der Waals surface area contributed by atoms with E-state index >= 15 is 0 Å². The van der Waals surface area contributed by atoms with Gasteiger partial charge in [0, 0.05) is 24.1 Å². The summed E-state index contributed by atoms with van der Waals surface area (Å²) in [7, 11) is 0. The monoisotopic (exact) mass is 388 g/mol. The van der Waals surface area contributed by atoms with Gasteiger partial charge in [-0.2, -0.15) is 0 Å². The first kappa shape index (κ1) is 15.9. The predicted octanol–water partition coefficient (Wildman–Crippen LogP) is 3.56. The first-order chi connectivity index (χ1) is 11.8. The SMILES string of the molecule is Brc1ccc(C(c2ccc3c(c2)OCO3)N2CCCNCC2)cc1. The molecule has 0 saturated carbocycles. The van der Waals surface area contributed by atoms with E-state index in [-0.39, 0.29) is 6.04 Å². The number of ether oxygens (including phenoxy) is 2. The Morgan fingerprint density at radius 3 is 2.58 bits per heavy atom. The van der Waals surface area contributed by atoms with Gasteiger partial charge in [0.05, 0.1) is 6.04 Å². The molecule has 2 heterocycles. The third kappa shape index (κ3) is 3.29. The summed E-state index contributed by atoms with van der Waals surface area (Å²) >= 11 is 3.54. The van der Waals surface area contributed by atoms with Crippen molar-refractivity contribution in [2.75, 3.05) is 33.0 Å². The Labute approximate surface area is 150 Å². The van der Waals surface area contributed by atoms with Gasteiger partial charge in [-0.15, -0.1) is 0 Å². The van der Waals surface area contributed by atoms with Gasteiger partial charge in [0.2, 0.25) is 6.79 Å². The first-order valence-corrected chi connectivity index (χ1v) is 9.20. The van der Waals surface area contributed by atoms with Gasteiger partial charge in [-0.3, -0.25) is 4.90 Å². The van der Waals surface area contributed by atoms with Crippen LogP contribution < -0.4 is 14.8 Å². The molecule has 2 aromatic rings. The van der Waals surface area contributed by atoms with Gasteiger partial charge in [-0.25, -0.2) is 0 Å². The van der Waals surface area contributed by atoms with E-state index in [0.29, 0.717) is 6.79 Å². The molecule has 0 spiro atoms. The summed E-state index contributed by atoms with van der Waals surface area (Å²) in [6.07, 6.45) is 1.16. The summed E-state index contributed by atoms with van der Waals surface area (Å²) in [6.45, 7) is 4.55. The minimum Gasteiger partial charge on any atom is -0.454 e. The van der Waals surface area contributed by atoms with Crippen molar-refractivity contribution in [1.82, 2.24) is 10.2 Å². The Morgan fingerprint density at radius 1 is 0.917 bits per heavy atom. The largest absolute Gasteiger partial charge is 0.454 e. The fourth-order valence-electron chi connectivity index (χ4n) is 3.47. The van der Waals surface area contributed by atoms with E-state index in [4.69, 9.17) is 9.47 Å². The number of hydrogen-bond acceptors (Lipinski definition) is 4. The normalized spacial score (nSPS) is 19.0. The maximum atomic E-state index is 5.60. The lowest BCUT2D eigenvalue weighted by Crippen LogP contribution is -2.33. The smallest absolute Gasteiger partial charge is 0.231 e. The van der Waals surface area contributed by atoms with Crippen LogP contribution in [0.1, 0.15) is 23.6 Å². The molecule has 1 saturated heterocycles. The van der Waals surface area contributed by atoms with Crippen molar-refractivity contribution in [3.63, 3.8) is 0 Å². The zero-order valence-corrected chi connectivity index (χ0v) is 15.1. The summed E-state index contributed by atoms with van der Waals surface area (Å²) < 4.78 is 12.2. The highest BCUT2D eigenvalue weighted by molar-refractivity contribution is 9.10. The Bertz CT molecular complexity index is 697. The van der Waals surface area contributed by atoms with E-state index in [2.05, 4.69) is 62.5 Å². The molecule has 4 rings (SSSR count). The van der Waals surface area contributed by atoms with Crippen LogP contribution in [0.5, 0.6) is 11.5 Å². The van der Waals surface area contributed by atoms with Crippen molar-refractivity contribution in [1.29, 1.82) is 0 Å². The molecule has 1 N–H and O–H groups in total. The van der Waals surface area contributed by atoms with Crippen LogP contribution in [0.15, 0.2) is 46.9 Å². The van der Waals surface area contributed by atoms with Crippen molar-refractivity contribution in [3.8, 4) is 11.5 Å². The third-order valence-corrected chi connectivity index (χ3v) is 5.17. The van der Waals surface area contributed by atoms with E-state index in [1.165, 1.54) is 11.1 Å². The fourth-order valence-corrected chi connectivity index (χ4v) is 3.73. The topological polar surface area (TPSA) is 33.7 Å². The summed E-state index contributed by atoms with van der Waals surface area (Å²) in [5, 5.41) is 3.49. The van der Waals surface area contributed by atoms with Crippen LogP contribution in [-0.2, 0) is 0 Å². The second kappa shape index (κ2) is 7.13. The lowest BCUT2D eigenvalue weighted by Gasteiger charge is -2.31. The molecule has 126 valence electrons. The number of benzene rings is 2. The summed E-state index contributed by atoms with van der Waals surface area (Å²) in [6, 6.07) is 15.2. The van der Waals surface area contributed by atoms with Crippen LogP contribution in [0.25, 0.3) is 0 Å². The molecule has 24 heavy (non-hydrogen) atoms. The van der Waals surface area contributed by atoms with Gasteiger partial charge in [0.15, 0.2) is 11.5 Å². The van der Waals surface area contributed by atoms with Crippen LogP contribution in [0.3, 0.4) is 0 Å². The van der Waals surface area contributed by atoms with Crippen molar-refractivity contribution in [3.05, 3.63) is 58.1 Å². The van der Waals surface area contributed by atoms with Gasteiger partial charge >= 0.3 is 0 Å². The molecule has 4 nitrogen and oxygen atoms in total. The average Bonchev–Trinajstić information content (AvgIpc) is 2.91. The number of halogens is 1. The van der Waals surface area contributed by atoms with Gasteiger partial charge in [0.25, 0.3) is 0 Å². The van der Waals surface area contributed by atoms with E-state index in [1.54, 1.807) is 0 Å². The van der Waals surface area contributed by atoms with Gasteiger partial charge in [-0.1, -0.05) is 34.1 Å². The first-order valence-electron chi connectivity index (χ1n) is 8.41. The highest BCUT2D eigenvalue weighted by Gasteiger charge is 2.25. The molecule has 2 aliphatic rings. The maximum absolute atomic E-state index is 5.60. The Kier molecular flexibility index (Phi) is 4.74. The Balaban J connectivity index is 1.73. The van der Waals surface area contributed by atoms with Crippen molar-refractivity contribution >= 4 is 15.9 Å². The quantitative estimate of drug-likeness (QED) is 0.871. The minimum absolute atomic E-state index is 0.229. The highest BCUT2D eigenvalue weighted by atomic mass is 79.9. The number of rotatable bonds is 3. The van der Waals surface area contributed by atoms with Gasteiger partial charge in [0.1, 0.15) is 0 Å². The summed E-state index contributed by atoms with van der Waals surface area (Å²) in [4.78, 5) is 2.56. The molecule has 0 aliphatic carbocycles. The van der Waals surface area contributed by atoms with Crippen molar-refractivity contribution in [2.45, 2.75) is 12.5 Å². The predicted molar refractivity (Wildman–Crippen MR) is 97.6 cm³/mol. The van der Waals surface area contributed by atoms with E-state index in [0.717, 1.165) is 48.6 Å². The second-order valence-electron chi connectivity index (χ2n) is 6.21. The number of hydrogen-bond donors (Lipinski definition) is 1. The lowest BCUT2D eigenvalue weighted by molar-refractivity contribution is 0.173. The zero-order chi connectivity index (χ0) is 16.4. The molecule has 1 fully saturated rings. The van der Waals surface area contributed by atoms with Crippen LogP contribution >= 0.6 is 15.9 Å². The van der Waals surface area contributed by atoms with Crippen LogP contribution in [0, 0.1) is 0 Å². The molecular weight excluding hydrogens is 368 g/mol. The molecule has 0 amide bonds. The minimum atomic E-state index is 0.229. The maximum Gasteiger partial charge on any atom is 0.231 e. The molecule has 5 heteroatoms.